The fraction of sp³-hybridized carbons (Fsp3) is 0.143. The van der Waals surface area contributed by atoms with Gasteiger partial charge in [-0.2, -0.15) is 0 Å². The highest BCUT2D eigenvalue weighted by Gasteiger charge is 2.03. The van der Waals surface area contributed by atoms with Crippen molar-refractivity contribution in [2.45, 2.75) is 13.8 Å². The Balaban J connectivity index is 2.43. The minimum atomic E-state index is -0.00339. The third-order valence-corrected chi connectivity index (χ3v) is 2.58. The summed E-state index contributed by atoms with van der Waals surface area (Å²) in [5, 5.41) is 0. The molecule has 1 heterocycles. The van der Waals surface area contributed by atoms with Gasteiger partial charge in [-0.05, 0) is 24.1 Å². The highest BCUT2D eigenvalue weighted by molar-refractivity contribution is 5.92. The van der Waals surface area contributed by atoms with Crippen LogP contribution in [0.4, 0.5) is 0 Å². The van der Waals surface area contributed by atoms with Crippen LogP contribution >= 0.6 is 0 Å². The molecule has 0 amide bonds. The van der Waals surface area contributed by atoms with E-state index in [2.05, 4.69) is 24.0 Å². The third kappa shape index (κ3) is 2.01. The van der Waals surface area contributed by atoms with Crippen LogP contribution < -0.4 is 0 Å². The molecule has 0 unspecified atom stereocenters. The van der Waals surface area contributed by atoms with Crippen molar-refractivity contribution in [2.75, 3.05) is 0 Å². The number of carbonyl (C=O) groups is 1. The van der Waals surface area contributed by atoms with Crippen LogP contribution in [-0.4, -0.2) is 10.8 Å². The molecule has 2 aromatic rings. The quantitative estimate of drug-likeness (QED) is 0.714. The first-order valence-corrected chi connectivity index (χ1v) is 5.21. The van der Waals surface area contributed by atoms with E-state index in [1.54, 1.807) is 12.3 Å². The molecule has 0 saturated heterocycles. The van der Waals surface area contributed by atoms with Crippen LogP contribution in [0.25, 0.3) is 11.1 Å². The molecule has 0 fully saturated rings. The van der Waals surface area contributed by atoms with E-state index < -0.39 is 0 Å². The Hall–Kier alpha value is -1.96. The van der Waals surface area contributed by atoms with E-state index >= 15 is 0 Å². The molecule has 1 aromatic heterocycles. The first-order valence-electron chi connectivity index (χ1n) is 5.21. The van der Waals surface area contributed by atoms with E-state index in [1.807, 2.05) is 18.2 Å². The second-order valence-corrected chi connectivity index (χ2v) is 3.80. The smallest absolute Gasteiger partial charge is 0.178 e. The Bertz CT molecular complexity index is 515. The molecule has 0 atom stereocenters. The van der Waals surface area contributed by atoms with Crippen LogP contribution in [-0.2, 0) is 0 Å². The van der Waals surface area contributed by atoms with Crippen LogP contribution in [0.1, 0.15) is 23.0 Å². The van der Waals surface area contributed by atoms with E-state index in [1.165, 1.54) is 12.5 Å². The van der Waals surface area contributed by atoms with Gasteiger partial charge in [-0.25, -0.2) is 0 Å². The number of nitrogens with zero attached hydrogens (tertiary/aromatic N) is 1. The van der Waals surface area contributed by atoms with Crippen molar-refractivity contribution in [3.8, 4) is 11.1 Å². The van der Waals surface area contributed by atoms with Gasteiger partial charge in [-0.3, -0.25) is 9.78 Å². The number of Topliss-reactive ketones (excluding diaryl/α,β-unsaturated/α-hetero) is 1. The largest absolute Gasteiger partial charge is 0.293 e. The SMILES string of the molecule is CC(=O)c1ccc(-c2ccccc2C)cn1. The summed E-state index contributed by atoms with van der Waals surface area (Å²) in [6.45, 7) is 3.59. The number of hydrogen-bond acceptors (Lipinski definition) is 2. The van der Waals surface area contributed by atoms with Crippen molar-refractivity contribution in [3.05, 3.63) is 53.9 Å². The third-order valence-electron chi connectivity index (χ3n) is 2.58. The minimum Gasteiger partial charge on any atom is -0.293 e. The summed E-state index contributed by atoms with van der Waals surface area (Å²) in [6.07, 6.45) is 1.75. The van der Waals surface area contributed by atoms with Crippen LogP contribution in [0, 0.1) is 6.92 Å². The van der Waals surface area contributed by atoms with Gasteiger partial charge in [0, 0.05) is 18.7 Å². The van der Waals surface area contributed by atoms with E-state index in [0.29, 0.717) is 5.69 Å². The summed E-state index contributed by atoms with van der Waals surface area (Å²) in [7, 11) is 0. The molecule has 0 saturated carbocycles. The topological polar surface area (TPSA) is 30.0 Å². The zero-order valence-electron chi connectivity index (χ0n) is 9.40. The van der Waals surface area contributed by atoms with E-state index in [4.69, 9.17) is 0 Å². The molecular weight excluding hydrogens is 198 g/mol. The van der Waals surface area contributed by atoms with Crippen LogP contribution in [0.3, 0.4) is 0 Å². The molecule has 0 radical (unpaired) electrons. The van der Waals surface area contributed by atoms with Crippen LogP contribution in [0.2, 0.25) is 0 Å². The van der Waals surface area contributed by atoms with Gasteiger partial charge in [0.25, 0.3) is 0 Å². The van der Waals surface area contributed by atoms with Gasteiger partial charge in [0.2, 0.25) is 0 Å². The fourth-order valence-electron chi connectivity index (χ4n) is 1.66. The molecule has 2 nitrogen and oxygen atoms in total. The Kier molecular flexibility index (Phi) is 2.82. The Labute approximate surface area is 95.0 Å². The second kappa shape index (κ2) is 4.27. The van der Waals surface area contributed by atoms with Crippen LogP contribution in [0.5, 0.6) is 0 Å². The molecule has 2 heteroatoms. The molecule has 0 bridgehead atoms. The van der Waals surface area contributed by atoms with E-state index in [0.717, 1.165) is 11.1 Å². The van der Waals surface area contributed by atoms with Crippen molar-refractivity contribution < 1.29 is 4.79 Å². The summed E-state index contributed by atoms with van der Waals surface area (Å²) < 4.78 is 0. The second-order valence-electron chi connectivity index (χ2n) is 3.80. The Morgan fingerprint density at radius 1 is 1.12 bits per heavy atom. The molecule has 16 heavy (non-hydrogen) atoms. The molecule has 0 aliphatic heterocycles. The Morgan fingerprint density at radius 2 is 1.88 bits per heavy atom. The van der Waals surface area contributed by atoms with E-state index in [-0.39, 0.29) is 5.78 Å². The molecule has 0 N–H and O–H groups in total. The van der Waals surface area contributed by atoms with Crippen molar-refractivity contribution >= 4 is 5.78 Å². The molecule has 0 aliphatic carbocycles. The highest BCUT2D eigenvalue weighted by Crippen LogP contribution is 2.22. The number of carbonyl (C=O) groups excluding carboxylic acids is 1. The van der Waals surface area contributed by atoms with Crippen LogP contribution in [0.15, 0.2) is 42.6 Å². The lowest BCUT2D eigenvalue weighted by Gasteiger charge is -2.05. The first-order chi connectivity index (χ1) is 7.68. The lowest BCUT2D eigenvalue weighted by atomic mass is 10.0. The fourth-order valence-corrected chi connectivity index (χ4v) is 1.66. The number of benzene rings is 1. The van der Waals surface area contributed by atoms with Gasteiger partial charge in [0.05, 0.1) is 0 Å². The number of aryl methyl sites for hydroxylation is 1. The molecule has 80 valence electrons. The Morgan fingerprint density at radius 3 is 2.44 bits per heavy atom. The maximum atomic E-state index is 11.1. The summed E-state index contributed by atoms with van der Waals surface area (Å²) in [5.41, 5.74) is 3.92. The first kappa shape index (κ1) is 10.6. The van der Waals surface area contributed by atoms with Gasteiger partial charge in [0.1, 0.15) is 5.69 Å². The summed E-state index contributed by atoms with van der Waals surface area (Å²) in [6, 6.07) is 11.8. The zero-order chi connectivity index (χ0) is 11.5. The van der Waals surface area contributed by atoms with Crippen molar-refractivity contribution in [2.24, 2.45) is 0 Å². The number of rotatable bonds is 2. The minimum absolute atomic E-state index is 0.00339. The summed E-state index contributed by atoms with van der Waals surface area (Å²) in [5.74, 6) is -0.00339. The van der Waals surface area contributed by atoms with Gasteiger partial charge in [0.15, 0.2) is 5.78 Å². The molecule has 2 rings (SSSR count). The van der Waals surface area contributed by atoms with Gasteiger partial charge in [-0.1, -0.05) is 30.3 Å². The maximum Gasteiger partial charge on any atom is 0.178 e. The van der Waals surface area contributed by atoms with Crippen molar-refractivity contribution in [1.29, 1.82) is 0 Å². The van der Waals surface area contributed by atoms with E-state index in [9.17, 15) is 4.79 Å². The molecule has 1 aromatic carbocycles. The average molecular weight is 211 g/mol. The van der Waals surface area contributed by atoms with Gasteiger partial charge >= 0.3 is 0 Å². The standard InChI is InChI=1S/C14H13NO/c1-10-5-3-4-6-13(10)12-7-8-14(11(2)16)15-9-12/h3-9H,1-2H3. The molecule has 0 spiro atoms. The normalized spacial score (nSPS) is 10.1. The predicted molar refractivity (Wildman–Crippen MR) is 64.4 cm³/mol. The summed E-state index contributed by atoms with van der Waals surface area (Å²) in [4.78, 5) is 15.2. The van der Waals surface area contributed by atoms with Crippen molar-refractivity contribution in [3.63, 3.8) is 0 Å². The highest BCUT2D eigenvalue weighted by atomic mass is 16.1. The summed E-state index contributed by atoms with van der Waals surface area (Å²) >= 11 is 0. The van der Waals surface area contributed by atoms with Gasteiger partial charge < -0.3 is 0 Å². The van der Waals surface area contributed by atoms with Gasteiger partial charge in [-0.15, -0.1) is 0 Å². The lowest BCUT2D eigenvalue weighted by molar-refractivity contribution is 0.101. The number of pyridine rings is 1. The molecular formula is C14H13NO. The lowest BCUT2D eigenvalue weighted by Crippen LogP contribution is -1.95. The number of hydrogen-bond donors (Lipinski definition) is 0. The molecule has 0 aliphatic rings. The number of aromatic nitrogens is 1. The predicted octanol–water partition coefficient (Wildman–Crippen LogP) is 3.26. The number of ketones is 1. The van der Waals surface area contributed by atoms with Crippen molar-refractivity contribution in [1.82, 2.24) is 4.98 Å². The average Bonchev–Trinajstić information content (AvgIpc) is 2.30. The monoisotopic (exact) mass is 211 g/mol. The zero-order valence-corrected chi connectivity index (χ0v) is 9.40. The maximum absolute atomic E-state index is 11.1.